The molecule has 0 unspecified atom stereocenters. The van der Waals surface area contributed by atoms with Crippen LogP contribution < -0.4 is 9.46 Å². The highest BCUT2D eigenvalue weighted by molar-refractivity contribution is 7.92. The molecule has 0 aliphatic heterocycles. The Morgan fingerprint density at radius 2 is 1.87 bits per heavy atom. The quantitative estimate of drug-likeness (QED) is 0.793. The molecule has 0 aliphatic carbocycles. The van der Waals surface area contributed by atoms with E-state index < -0.39 is 16.0 Å². The van der Waals surface area contributed by atoms with Crippen LogP contribution in [0.4, 0.5) is 5.69 Å². The summed E-state index contributed by atoms with van der Waals surface area (Å²) in [6, 6.07) is 12.4. The summed E-state index contributed by atoms with van der Waals surface area (Å²) in [5.74, 6) is -0.527. The molecule has 0 amide bonds. The van der Waals surface area contributed by atoms with Crippen molar-refractivity contribution in [1.29, 1.82) is 0 Å². The lowest BCUT2D eigenvalue weighted by Crippen LogP contribution is -2.12. The predicted octanol–water partition coefficient (Wildman–Crippen LogP) is 2.59. The summed E-state index contributed by atoms with van der Waals surface area (Å²) in [6.07, 6.45) is 2.37. The van der Waals surface area contributed by atoms with Crippen LogP contribution in [-0.2, 0) is 14.8 Å². The van der Waals surface area contributed by atoms with E-state index in [4.69, 9.17) is 9.84 Å². The maximum Gasteiger partial charge on any atom is 0.328 e. The van der Waals surface area contributed by atoms with Crippen molar-refractivity contribution in [2.45, 2.75) is 4.90 Å². The number of rotatable bonds is 6. The molecule has 0 bridgehead atoms. The first-order valence-corrected chi connectivity index (χ1v) is 8.07. The van der Waals surface area contributed by atoms with E-state index in [2.05, 4.69) is 4.72 Å². The van der Waals surface area contributed by atoms with E-state index in [0.717, 1.165) is 6.08 Å². The number of sulfonamides is 1. The van der Waals surface area contributed by atoms with E-state index in [1.165, 1.54) is 37.5 Å². The standard InChI is InChI=1S/C16H15NO5S/c1-22-14-4-2-3-13(11-14)17-23(20,21)15-8-5-12(6-9-15)7-10-16(18)19/h2-11,17H,1H3,(H,18,19). The number of nitrogens with one attached hydrogen (secondary N) is 1. The molecule has 0 heterocycles. The molecule has 0 spiro atoms. The van der Waals surface area contributed by atoms with Crippen molar-refractivity contribution < 1.29 is 23.1 Å². The van der Waals surface area contributed by atoms with Gasteiger partial charge in [0.2, 0.25) is 0 Å². The Bertz CT molecular complexity index is 826. The highest BCUT2D eigenvalue weighted by Crippen LogP contribution is 2.21. The number of hydrogen-bond acceptors (Lipinski definition) is 4. The Morgan fingerprint density at radius 1 is 1.17 bits per heavy atom. The lowest BCUT2D eigenvalue weighted by Gasteiger charge is -2.09. The first kappa shape index (κ1) is 16.6. The number of carboxylic acid groups (broad SMARTS) is 1. The van der Waals surface area contributed by atoms with Gasteiger partial charge in [0, 0.05) is 12.1 Å². The predicted molar refractivity (Wildman–Crippen MR) is 86.9 cm³/mol. The van der Waals surface area contributed by atoms with Gasteiger partial charge >= 0.3 is 5.97 Å². The Kier molecular flexibility index (Phi) is 5.02. The van der Waals surface area contributed by atoms with Crippen LogP contribution in [-0.4, -0.2) is 26.6 Å². The van der Waals surface area contributed by atoms with E-state index in [-0.39, 0.29) is 4.90 Å². The smallest absolute Gasteiger partial charge is 0.328 e. The molecule has 0 saturated carbocycles. The van der Waals surface area contributed by atoms with Crippen LogP contribution in [0.3, 0.4) is 0 Å². The highest BCUT2D eigenvalue weighted by atomic mass is 32.2. The van der Waals surface area contributed by atoms with Crippen molar-refractivity contribution in [1.82, 2.24) is 0 Å². The van der Waals surface area contributed by atoms with Crippen LogP contribution in [0.1, 0.15) is 5.56 Å². The topological polar surface area (TPSA) is 92.7 Å². The first-order chi connectivity index (χ1) is 10.9. The Morgan fingerprint density at radius 3 is 2.48 bits per heavy atom. The van der Waals surface area contributed by atoms with Crippen molar-refractivity contribution in [2.24, 2.45) is 0 Å². The molecule has 2 rings (SSSR count). The van der Waals surface area contributed by atoms with E-state index >= 15 is 0 Å². The summed E-state index contributed by atoms with van der Waals surface area (Å²) in [5.41, 5.74) is 0.979. The first-order valence-electron chi connectivity index (χ1n) is 6.59. The van der Waals surface area contributed by atoms with Crippen LogP contribution in [0.15, 0.2) is 59.5 Å². The van der Waals surface area contributed by atoms with Gasteiger partial charge in [-0.05, 0) is 35.9 Å². The van der Waals surface area contributed by atoms with Gasteiger partial charge in [-0.3, -0.25) is 4.72 Å². The van der Waals surface area contributed by atoms with E-state index in [0.29, 0.717) is 17.0 Å². The molecule has 7 heteroatoms. The van der Waals surface area contributed by atoms with Crippen LogP contribution >= 0.6 is 0 Å². The maximum absolute atomic E-state index is 12.3. The number of anilines is 1. The third-order valence-electron chi connectivity index (χ3n) is 2.93. The number of aliphatic carboxylic acids is 1. The number of hydrogen-bond donors (Lipinski definition) is 2. The van der Waals surface area contributed by atoms with Gasteiger partial charge in [-0.25, -0.2) is 13.2 Å². The van der Waals surface area contributed by atoms with Gasteiger partial charge in [-0.2, -0.15) is 0 Å². The zero-order valence-corrected chi connectivity index (χ0v) is 13.1. The van der Waals surface area contributed by atoms with Crippen LogP contribution in [0.2, 0.25) is 0 Å². The van der Waals surface area contributed by atoms with Gasteiger partial charge in [0.15, 0.2) is 0 Å². The molecule has 0 radical (unpaired) electrons. The lowest BCUT2D eigenvalue weighted by atomic mass is 10.2. The summed E-state index contributed by atoms with van der Waals surface area (Å²) in [4.78, 5) is 10.5. The zero-order valence-electron chi connectivity index (χ0n) is 12.3. The second-order valence-electron chi connectivity index (χ2n) is 4.58. The Labute approximate surface area is 134 Å². The van der Waals surface area contributed by atoms with Crippen molar-refractivity contribution in [3.63, 3.8) is 0 Å². The van der Waals surface area contributed by atoms with Gasteiger partial charge in [-0.1, -0.05) is 18.2 Å². The minimum atomic E-state index is -3.73. The average Bonchev–Trinajstić information content (AvgIpc) is 2.53. The van der Waals surface area contributed by atoms with Gasteiger partial charge in [0.05, 0.1) is 17.7 Å². The third-order valence-corrected chi connectivity index (χ3v) is 4.33. The molecule has 2 aromatic carbocycles. The minimum absolute atomic E-state index is 0.0767. The van der Waals surface area contributed by atoms with Gasteiger partial charge in [0.25, 0.3) is 10.0 Å². The molecular weight excluding hydrogens is 318 g/mol. The summed E-state index contributed by atoms with van der Waals surface area (Å²) in [5, 5.41) is 8.56. The third kappa shape index (κ3) is 4.58. The molecule has 0 atom stereocenters. The number of carbonyl (C=O) groups is 1. The minimum Gasteiger partial charge on any atom is -0.497 e. The molecule has 0 aromatic heterocycles. The molecule has 23 heavy (non-hydrogen) atoms. The van der Waals surface area contributed by atoms with E-state index in [9.17, 15) is 13.2 Å². The number of methoxy groups -OCH3 is 1. The van der Waals surface area contributed by atoms with Gasteiger partial charge in [-0.15, -0.1) is 0 Å². The van der Waals surface area contributed by atoms with Crippen LogP contribution in [0.25, 0.3) is 6.08 Å². The lowest BCUT2D eigenvalue weighted by molar-refractivity contribution is -0.131. The van der Waals surface area contributed by atoms with Crippen molar-refractivity contribution in [3.05, 3.63) is 60.2 Å². The van der Waals surface area contributed by atoms with E-state index in [1.807, 2.05) is 0 Å². The molecule has 0 aliphatic rings. The fourth-order valence-corrected chi connectivity index (χ4v) is 2.88. The fraction of sp³-hybridized carbons (Fsp3) is 0.0625. The highest BCUT2D eigenvalue weighted by Gasteiger charge is 2.14. The summed E-state index contributed by atoms with van der Waals surface area (Å²) in [6.45, 7) is 0. The van der Waals surface area contributed by atoms with E-state index in [1.54, 1.807) is 24.3 Å². The molecule has 120 valence electrons. The fourth-order valence-electron chi connectivity index (χ4n) is 1.83. The molecule has 0 fully saturated rings. The maximum atomic E-state index is 12.3. The molecule has 2 N–H and O–H groups in total. The second kappa shape index (κ2) is 6.97. The zero-order chi connectivity index (χ0) is 16.9. The van der Waals surface area contributed by atoms with Gasteiger partial charge in [0.1, 0.15) is 5.75 Å². The largest absolute Gasteiger partial charge is 0.497 e. The SMILES string of the molecule is COc1cccc(NS(=O)(=O)c2ccc(C=CC(=O)O)cc2)c1. The summed E-state index contributed by atoms with van der Waals surface area (Å²) in [7, 11) is -2.24. The van der Waals surface area contributed by atoms with Crippen LogP contribution in [0, 0.1) is 0 Å². The molecule has 2 aromatic rings. The van der Waals surface area contributed by atoms with Crippen LogP contribution in [0.5, 0.6) is 5.75 Å². The normalized spacial score (nSPS) is 11.3. The van der Waals surface area contributed by atoms with Crippen molar-refractivity contribution >= 4 is 27.8 Å². The average molecular weight is 333 g/mol. The Hall–Kier alpha value is -2.80. The number of benzene rings is 2. The molecule has 0 saturated heterocycles. The monoisotopic (exact) mass is 333 g/mol. The summed E-state index contributed by atoms with van der Waals surface area (Å²) >= 11 is 0. The number of carboxylic acids is 1. The van der Waals surface area contributed by atoms with Crippen molar-refractivity contribution in [2.75, 3.05) is 11.8 Å². The molecule has 6 nitrogen and oxygen atoms in total. The number of ether oxygens (including phenoxy) is 1. The van der Waals surface area contributed by atoms with Gasteiger partial charge < -0.3 is 9.84 Å². The van der Waals surface area contributed by atoms with Crippen molar-refractivity contribution in [3.8, 4) is 5.75 Å². The summed E-state index contributed by atoms with van der Waals surface area (Å²) < 4.78 is 32.1. The Balaban J connectivity index is 2.20. The second-order valence-corrected chi connectivity index (χ2v) is 6.26. The molecular formula is C16H15NO5S.